The lowest BCUT2D eigenvalue weighted by Gasteiger charge is -2.32. The number of amides is 2. The predicted octanol–water partition coefficient (Wildman–Crippen LogP) is 6.62. The average molecular weight is 621 g/mol. The smallest absolute Gasteiger partial charge is 0.303 e. The van der Waals surface area contributed by atoms with Gasteiger partial charge in [0.2, 0.25) is 5.91 Å². The van der Waals surface area contributed by atoms with E-state index in [4.69, 9.17) is 21.4 Å². The molecule has 1 heterocycles. The SMILES string of the molecule is Cc1cccc([C@H]2O[C@H](CC(=O)Nc3cccc(CCCCC(=O)O)c3)C(=O)N(CC(C)(C)CO)c3ccc(Cl)cc32)c1C. The topological polar surface area (TPSA) is 116 Å². The van der Waals surface area contributed by atoms with Gasteiger partial charge in [0, 0.05) is 46.9 Å². The van der Waals surface area contributed by atoms with E-state index in [9.17, 15) is 19.5 Å². The molecular weight excluding hydrogens is 580 g/mol. The number of aryl methyl sites for hydroxylation is 2. The van der Waals surface area contributed by atoms with Crippen LogP contribution in [0.25, 0.3) is 0 Å². The number of rotatable bonds is 12. The molecule has 2 amide bonds. The van der Waals surface area contributed by atoms with Crippen LogP contribution in [0.5, 0.6) is 0 Å². The summed E-state index contributed by atoms with van der Waals surface area (Å²) in [5, 5.41) is 22.4. The van der Waals surface area contributed by atoms with Crippen LogP contribution in [0.4, 0.5) is 11.4 Å². The first-order chi connectivity index (χ1) is 20.9. The maximum Gasteiger partial charge on any atom is 0.303 e. The van der Waals surface area contributed by atoms with Gasteiger partial charge in [0.1, 0.15) is 12.2 Å². The third kappa shape index (κ3) is 8.25. The van der Waals surface area contributed by atoms with Crippen LogP contribution in [0.15, 0.2) is 60.7 Å². The van der Waals surface area contributed by atoms with Gasteiger partial charge in [-0.2, -0.15) is 0 Å². The number of anilines is 2. The second-order valence-corrected chi connectivity index (χ2v) is 12.7. The van der Waals surface area contributed by atoms with Gasteiger partial charge in [-0.05, 0) is 85.7 Å². The fourth-order valence-corrected chi connectivity index (χ4v) is 5.62. The maximum absolute atomic E-state index is 14.2. The van der Waals surface area contributed by atoms with E-state index >= 15 is 0 Å². The van der Waals surface area contributed by atoms with Gasteiger partial charge in [-0.25, -0.2) is 0 Å². The van der Waals surface area contributed by atoms with Crippen molar-refractivity contribution in [2.75, 3.05) is 23.4 Å². The number of hydrogen-bond donors (Lipinski definition) is 3. The molecule has 3 aromatic rings. The normalized spacial score (nSPS) is 16.8. The summed E-state index contributed by atoms with van der Waals surface area (Å²) in [6, 6.07) is 18.7. The van der Waals surface area contributed by atoms with Crippen molar-refractivity contribution in [2.45, 2.75) is 72.0 Å². The monoisotopic (exact) mass is 620 g/mol. The molecule has 3 aromatic carbocycles. The molecular formula is C35H41ClN2O6. The summed E-state index contributed by atoms with van der Waals surface area (Å²) in [5.74, 6) is -1.56. The zero-order chi connectivity index (χ0) is 32.0. The van der Waals surface area contributed by atoms with E-state index in [1.807, 2.05) is 64.1 Å². The van der Waals surface area contributed by atoms with Gasteiger partial charge in [0.05, 0.1) is 6.42 Å². The van der Waals surface area contributed by atoms with Crippen molar-refractivity contribution in [1.82, 2.24) is 0 Å². The number of nitrogens with zero attached hydrogens (tertiary/aromatic N) is 1. The average Bonchev–Trinajstić information content (AvgIpc) is 3.07. The quantitative estimate of drug-likeness (QED) is 0.196. The van der Waals surface area contributed by atoms with Crippen molar-refractivity contribution in [3.05, 3.63) is 93.5 Å². The minimum atomic E-state index is -1.11. The van der Waals surface area contributed by atoms with Crippen LogP contribution in [0.1, 0.15) is 73.5 Å². The number of aliphatic carboxylic acids is 1. The Kier molecular flexibility index (Phi) is 10.8. The molecule has 0 saturated carbocycles. The van der Waals surface area contributed by atoms with E-state index in [1.54, 1.807) is 29.2 Å². The van der Waals surface area contributed by atoms with E-state index in [0.29, 0.717) is 34.8 Å². The van der Waals surface area contributed by atoms with Crippen LogP contribution in [-0.2, 0) is 25.5 Å². The van der Waals surface area contributed by atoms with Crippen molar-refractivity contribution >= 4 is 40.8 Å². The van der Waals surface area contributed by atoms with E-state index in [1.165, 1.54) is 0 Å². The Balaban J connectivity index is 1.65. The standard InChI is InChI=1S/C35H41ClN2O6/c1-22-9-7-13-27(23(22)2)33-28-18-25(36)15-16-29(28)38(20-35(3,4)21-39)34(43)30(44-33)19-31(40)37-26-12-8-11-24(17-26)10-5-6-14-32(41)42/h7-9,11-13,15-18,30,33,39H,5-6,10,14,19-21H2,1-4H3,(H,37,40)(H,41,42)/t30-,33-/m1/s1. The summed E-state index contributed by atoms with van der Waals surface area (Å²) >= 11 is 6.49. The Labute approximate surface area is 264 Å². The van der Waals surface area contributed by atoms with Crippen LogP contribution in [0.3, 0.4) is 0 Å². The number of aliphatic hydroxyl groups is 1. The Bertz CT molecular complexity index is 1520. The van der Waals surface area contributed by atoms with Crippen molar-refractivity contribution in [3.63, 3.8) is 0 Å². The van der Waals surface area contributed by atoms with Crippen LogP contribution < -0.4 is 10.2 Å². The summed E-state index contributed by atoms with van der Waals surface area (Å²) in [7, 11) is 0. The molecule has 0 radical (unpaired) electrons. The van der Waals surface area contributed by atoms with Crippen molar-refractivity contribution in [3.8, 4) is 0 Å². The number of ether oxygens (including phenoxy) is 1. The number of carbonyl (C=O) groups excluding carboxylic acids is 2. The molecule has 2 atom stereocenters. The molecule has 0 bridgehead atoms. The lowest BCUT2D eigenvalue weighted by Crippen LogP contribution is -2.46. The van der Waals surface area contributed by atoms with Crippen LogP contribution >= 0.6 is 11.6 Å². The van der Waals surface area contributed by atoms with Gasteiger partial charge in [0.15, 0.2) is 0 Å². The molecule has 3 N–H and O–H groups in total. The number of fused-ring (bicyclic) bond motifs is 1. The number of carboxylic acids is 1. The third-order valence-electron chi connectivity index (χ3n) is 8.04. The molecule has 44 heavy (non-hydrogen) atoms. The number of hydrogen-bond acceptors (Lipinski definition) is 5. The Hall–Kier alpha value is -3.72. The summed E-state index contributed by atoms with van der Waals surface area (Å²) in [6.45, 7) is 7.84. The number of nitrogens with one attached hydrogen (secondary N) is 1. The van der Waals surface area contributed by atoms with E-state index in [-0.39, 0.29) is 37.8 Å². The Morgan fingerprint density at radius 2 is 1.77 bits per heavy atom. The minimum Gasteiger partial charge on any atom is -0.481 e. The largest absolute Gasteiger partial charge is 0.481 e. The maximum atomic E-state index is 14.2. The van der Waals surface area contributed by atoms with Gasteiger partial charge in [-0.3, -0.25) is 14.4 Å². The fraction of sp³-hybridized carbons (Fsp3) is 0.400. The van der Waals surface area contributed by atoms with Crippen LogP contribution in [0, 0.1) is 19.3 Å². The fourth-order valence-electron chi connectivity index (χ4n) is 5.44. The zero-order valence-corrected chi connectivity index (χ0v) is 26.5. The van der Waals surface area contributed by atoms with E-state index in [2.05, 4.69) is 5.32 Å². The van der Waals surface area contributed by atoms with Crippen molar-refractivity contribution < 1.29 is 29.3 Å². The molecule has 8 nitrogen and oxygen atoms in total. The molecule has 1 aliphatic rings. The summed E-state index contributed by atoms with van der Waals surface area (Å²) in [5.41, 5.74) is 5.26. The van der Waals surface area contributed by atoms with Gasteiger partial charge in [0.25, 0.3) is 5.91 Å². The molecule has 1 aliphatic heterocycles. The predicted molar refractivity (Wildman–Crippen MR) is 172 cm³/mol. The third-order valence-corrected chi connectivity index (χ3v) is 8.27. The number of halogens is 1. The lowest BCUT2D eigenvalue weighted by atomic mass is 9.91. The summed E-state index contributed by atoms with van der Waals surface area (Å²) in [4.78, 5) is 40.1. The van der Waals surface area contributed by atoms with Crippen molar-refractivity contribution in [2.24, 2.45) is 5.41 Å². The molecule has 0 fully saturated rings. The van der Waals surface area contributed by atoms with Gasteiger partial charge < -0.3 is 25.2 Å². The minimum absolute atomic E-state index is 0.123. The van der Waals surface area contributed by atoms with Gasteiger partial charge in [-0.15, -0.1) is 0 Å². The number of carbonyl (C=O) groups is 3. The second kappa shape index (κ2) is 14.4. The number of unbranched alkanes of at least 4 members (excludes halogenated alkanes) is 1. The van der Waals surface area contributed by atoms with Crippen molar-refractivity contribution in [1.29, 1.82) is 0 Å². The molecule has 0 aliphatic carbocycles. The first-order valence-corrected chi connectivity index (χ1v) is 15.3. The highest BCUT2D eigenvalue weighted by Gasteiger charge is 2.40. The van der Waals surface area contributed by atoms with E-state index in [0.717, 1.165) is 28.7 Å². The second-order valence-electron chi connectivity index (χ2n) is 12.3. The van der Waals surface area contributed by atoms with Gasteiger partial charge in [-0.1, -0.05) is 55.8 Å². The van der Waals surface area contributed by atoms with Gasteiger partial charge >= 0.3 is 5.97 Å². The molecule has 9 heteroatoms. The molecule has 0 spiro atoms. The number of benzene rings is 3. The number of aliphatic hydroxyl groups excluding tert-OH is 1. The molecule has 0 unspecified atom stereocenters. The Morgan fingerprint density at radius 1 is 1.02 bits per heavy atom. The molecule has 0 aromatic heterocycles. The Morgan fingerprint density at radius 3 is 2.50 bits per heavy atom. The van der Waals surface area contributed by atoms with Crippen LogP contribution in [0.2, 0.25) is 5.02 Å². The highest BCUT2D eigenvalue weighted by Crippen LogP contribution is 2.42. The highest BCUT2D eigenvalue weighted by atomic mass is 35.5. The molecule has 234 valence electrons. The van der Waals surface area contributed by atoms with E-state index < -0.39 is 23.6 Å². The first-order valence-electron chi connectivity index (χ1n) is 14.9. The van der Waals surface area contributed by atoms with Crippen LogP contribution in [-0.4, -0.2) is 47.3 Å². The number of carboxylic acid groups (broad SMARTS) is 1. The molecule has 4 rings (SSSR count). The summed E-state index contributed by atoms with van der Waals surface area (Å²) < 4.78 is 6.60. The summed E-state index contributed by atoms with van der Waals surface area (Å²) in [6.07, 6.45) is 0.110. The zero-order valence-electron chi connectivity index (χ0n) is 25.7. The highest BCUT2D eigenvalue weighted by molar-refractivity contribution is 6.30. The first kappa shape index (κ1) is 33.2. The molecule has 0 saturated heterocycles. The lowest BCUT2D eigenvalue weighted by molar-refractivity contribution is -0.137.